The van der Waals surface area contributed by atoms with Gasteiger partial charge in [-0.3, -0.25) is 0 Å². The van der Waals surface area contributed by atoms with E-state index in [0.29, 0.717) is 0 Å². The molecule has 0 radical (unpaired) electrons. The van der Waals surface area contributed by atoms with Gasteiger partial charge in [0.25, 0.3) is 5.89 Å². The van der Waals surface area contributed by atoms with Crippen molar-refractivity contribution in [1.82, 2.24) is 24.9 Å². The highest BCUT2D eigenvalue weighted by Gasteiger charge is 2.39. The molecule has 1 aromatic carbocycles. The highest BCUT2D eigenvalue weighted by atomic mass is 35.5. The van der Waals surface area contributed by atoms with Crippen molar-refractivity contribution in [2.75, 3.05) is 0 Å². The summed E-state index contributed by atoms with van der Waals surface area (Å²) in [4.78, 5) is 3.99. The molecule has 0 saturated carbocycles. The van der Waals surface area contributed by atoms with Crippen LogP contribution in [0.5, 0.6) is 0 Å². The predicted octanol–water partition coefficient (Wildman–Crippen LogP) is 4.18. The summed E-state index contributed by atoms with van der Waals surface area (Å²) in [7, 11) is 0. The lowest BCUT2D eigenvalue weighted by Gasteiger charge is -2.11. The Morgan fingerprint density at radius 3 is 2.69 bits per heavy atom. The molecule has 2 aromatic heterocycles. The fourth-order valence-electron chi connectivity index (χ4n) is 2.27. The summed E-state index contributed by atoms with van der Waals surface area (Å²) >= 11 is 10.0. The average Bonchev–Trinajstić information content (AvgIpc) is 3.22. The lowest BCUT2D eigenvalue weighted by molar-refractivity contribution is -0.147. The van der Waals surface area contributed by atoms with E-state index >= 15 is 0 Å². The molecular weight excluding hydrogens is 398 g/mol. The minimum absolute atomic E-state index is 0.0373. The fourth-order valence-corrected chi connectivity index (χ4v) is 2.74. The molecule has 0 aliphatic carbocycles. The molecule has 1 atom stereocenters. The summed E-state index contributed by atoms with van der Waals surface area (Å²) < 4.78 is 58.6. The first-order chi connectivity index (χ1) is 12.2. The largest absolute Gasteiger partial charge is 0.451 e. The number of thiol groups is 1. The van der Waals surface area contributed by atoms with E-state index in [1.165, 1.54) is 19.1 Å². The van der Waals surface area contributed by atoms with Gasteiger partial charge in [-0.2, -0.15) is 30.8 Å². The molecule has 0 N–H and O–H groups in total. The molecule has 12 heteroatoms. The van der Waals surface area contributed by atoms with Gasteiger partial charge >= 0.3 is 6.18 Å². The van der Waals surface area contributed by atoms with Gasteiger partial charge in [0.05, 0.1) is 5.56 Å². The van der Waals surface area contributed by atoms with Crippen LogP contribution < -0.4 is 0 Å². The lowest BCUT2D eigenvalue weighted by Crippen LogP contribution is -2.16. The topological polar surface area (TPSA) is 69.6 Å². The Bertz CT molecular complexity index is 942. The van der Waals surface area contributed by atoms with Crippen LogP contribution in [0.1, 0.15) is 29.6 Å². The van der Waals surface area contributed by atoms with Crippen LogP contribution in [0.25, 0.3) is 11.5 Å². The minimum Gasteiger partial charge on any atom is -0.334 e. The van der Waals surface area contributed by atoms with E-state index in [2.05, 4.69) is 33.0 Å². The zero-order valence-corrected chi connectivity index (χ0v) is 14.6. The standard InChI is InChI=1S/C14H10ClF4N5OS/c1-2-24-11(21-22-13(24)14(17,18)19)9(26)10-20-12(25-23-10)7-5-6(15)3-4-8(7)16/h3-5,9,26H,2H2,1H3. The Kier molecular flexibility index (Phi) is 4.93. The molecule has 0 spiro atoms. The molecule has 0 fully saturated rings. The van der Waals surface area contributed by atoms with Gasteiger partial charge in [-0.05, 0) is 25.1 Å². The van der Waals surface area contributed by atoms with Crippen LogP contribution in [-0.4, -0.2) is 24.9 Å². The normalized spacial score (nSPS) is 13.2. The van der Waals surface area contributed by atoms with Crippen molar-refractivity contribution in [3.8, 4) is 11.5 Å². The molecular formula is C14H10ClF4N5OS. The number of hydrogen-bond acceptors (Lipinski definition) is 6. The van der Waals surface area contributed by atoms with E-state index in [-0.39, 0.29) is 34.7 Å². The molecule has 0 saturated heterocycles. The van der Waals surface area contributed by atoms with Crippen LogP contribution in [0.15, 0.2) is 22.7 Å². The smallest absolute Gasteiger partial charge is 0.334 e. The summed E-state index contributed by atoms with van der Waals surface area (Å²) in [6.07, 6.45) is -4.67. The Hall–Kier alpha value is -2.14. The van der Waals surface area contributed by atoms with Crippen molar-refractivity contribution in [3.05, 3.63) is 46.5 Å². The summed E-state index contributed by atoms with van der Waals surface area (Å²) in [5.41, 5.74) is -0.0373. The molecule has 0 amide bonds. The van der Waals surface area contributed by atoms with Gasteiger partial charge < -0.3 is 9.09 Å². The maximum absolute atomic E-state index is 13.9. The molecule has 3 aromatic rings. The molecule has 138 valence electrons. The van der Waals surface area contributed by atoms with E-state index in [1.807, 2.05) is 0 Å². The Labute approximate surface area is 154 Å². The second kappa shape index (κ2) is 6.88. The second-order valence-electron chi connectivity index (χ2n) is 5.11. The van der Waals surface area contributed by atoms with Crippen LogP contribution in [-0.2, 0) is 12.7 Å². The first-order valence-corrected chi connectivity index (χ1v) is 8.09. The first-order valence-electron chi connectivity index (χ1n) is 7.19. The van der Waals surface area contributed by atoms with Gasteiger partial charge in [0.2, 0.25) is 5.82 Å². The van der Waals surface area contributed by atoms with Gasteiger partial charge in [-0.25, -0.2) is 4.39 Å². The summed E-state index contributed by atoms with van der Waals surface area (Å²) in [5, 5.41) is 9.56. The third-order valence-electron chi connectivity index (χ3n) is 3.44. The minimum atomic E-state index is -4.67. The van der Waals surface area contributed by atoms with E-state index in [9.17, 15) is 17.6 Å². The van der Waals surface area contributed by atoms with Gasteiger partial charge in [0.15, 0.2) is 11.6 Å². The summed E-state index contributed by atoms with van der Waals surface area (Å²) in [5.74, 6) is -2.17. The fraction of sp³-hybridized carbons (Fsp3) is 0.286. The number of halogens is 5. The van der Waals surface area contributed by atoms with E-state index < -0.39 is 23.1 Å². The number of aromatic nitrogens is 5. The average molecular weight is 408 g/mol. The van der Waals surface area contributed by atoms with Crippen molar-refractivity contribution in [2.45, 2.75) is 24.9 Å². The molecule has 6 nitrogen and oxygen atoms in total. The van der Waals surface area contributed by atoms with Crippen LogP contribution in [0.4, 0.5) is 17.6 Å². The number of nitrogens with zero attached hydrogens (tertiary/aromatic N) is 5. The summed E-state index contributed by atoms with van der Waals surface area (Å²) in [6, 6.07) is 3.77. The maximum atomic E-state index is 13.9. The van der Waals surface area contributed by atoms with Crippen LogP contribution in [0.2, 0.25) is 5.02 Å². The van der Waals surface area contributed by atoms with E-state index in [0.717, 1.165) is 10.6 Å². The highest BCUT2D eigenvalue weighted by Crippen LogP contribution is 2.33. The highest BCUT2D eigenvalue weighted by molar-refractivity contribution is 7.80. The van der Waals surface area contributed by atoms with E-state index in [4.69, 9.17) is 16.1 Å². The molecule has 3 rings (SSSR count). The van der Waals surface area contributed by atoms with Gasteiger partial charge in [0.1, 0.15) is 11.1 Å². The summed E-state index contributed by atoms with van der Waals surface area (Å²) in [6.45, 7) is 1.47. The molecule has 2 heterocycles. The Morgan fingerprint density at radius 1 is 1.31 bits per heavy atom. The third-order valence-corrected chi connectivity index (χ3v) is 4.14. The molecule has 0 aliphatic heterocycles. The first kappa shape index (κ1) is 18.6. The van der Waals surface area contributed by atoms with Crippen LogP contribution in [0.3, 0.4) is 0 Å². The van der Waals surface area contributed by atoms with Crippen molar-refractivity contribution in [1.29, 1.82) is 0 Å². The third kappa shape index (κ3) is 3.40. The predicted molar refractivity (Wildman–Crippen MR) is 86.2 cm³/mol. The van der Waals surface area contributed by atoms with Crippen molar-refractivity contribution in [3.63, 3.8) is 0 Å². The molecule has 1 unspecified atom stereocenters. The van der Waals surface area contributed by atoms with Crippen molar-refractivity contribution >= 4 is 24.2 Å². The lowest BCUT2D eigenvalue weighted by atomic mass is 10.2. The number of alkyl halides is 3. The number of benzene rings is 1. The second-order valence-corrected chi connectivity index (χ2v) is 6.06. The molecule has 26 heavy (non-hydrogen) atoms. The number of rotatable bonds is 4. The zero-order valence-electron chi connectivity index (χ0n) is 13.0. The van der Waals surface area contributed by atoms with Crippen LogP contribution >= 0.6 is 24.2 Å². The quantitative estimate of drug-likeness (QED) is 0.519. The van der Waals surface area contributed by atoms with Gasteiger partial charge in [-0.15, -0.1) is 10.2 Å². The zero-order chi connectivity index (χ0) is 19.1. The van der Waals surface area contributed by atoms with Gasteiger partial charge in [0, 0.05) is 11.6 Å². The van der Waals surface area contributed by atoms with Crippen molar-refractivity contribution < 1.29 is 22.1 Å². The molecule has 0 aliphatic rings. The molecule has 0 bridgehead atoms. The van der Waals surface area contributed by atoms with Crippen LogP contribution in [0, 0.1) is 5.82 Å². The maximum Gasteiger partial charge on any atom is 0.451 e. The monoisotopic (exact) mass is 407 g/mol. The van der Waals surface area contributed by atoms with Crippen molar-refractivity contribution in [2.24, 2.45) is 0 Å². The van der Waals surface area contributed by atoms with Gasteiger partial charge in [-0.1, -0.05) is 16.8 Å². The Morgan fingerprint density at radius 2 is 2.04 bits per heavy atom. The Balaban J connectivity index is 1.98. The van der Waals surface area contributed by atoms with E-state index in [1.54, 1.807) is 0 Å². The SMILES string of the molecule is CCn1c(C(S)c2noc(-c3cc(Cl)ccc3F)n2)nnc1C(F)(F)F. The number of hydrogen-bond donors (Lipinski definition) is 1.